The molecule has 1 aliphatic heterocycles. The number of halogens is 1. The molecular weight excluding hydrogens is 278 g/mol. The quantitative estimate of drug-likeness (QED) is 0.741. The van der Waals surface area contributed by atoms with Crippen LogP contribution in [0.5, 0.6) is 0 Å². The highest BCUT2D eigenvalue weighted by Crippen LogP contribution is 2.44. The molecule has 1 heterocycles. The summed E-state index contributed by atoms with van der Waals surface area (Å²) in [6.07, 6.45) is 4.18. The van der Waals surface area contributed by atoms with Gasteiger partial charge < -0.3 is 4.74 Å². The van der Waals surface area contributed by atoms with Crippen molar-refractivity contribution in [3.05, 3.63) is 0 Å². The van der Waals surface area contributed by atoms with Gasteiger partial charge >= 0.3 is 0 Å². The second kappa shape index (κ2) is 4.50. The van der Waals surface area contributed by atoms with E-state index < -0.39 is 0 Å². The molecule has 100 valence electrons. The molecule has 0 unspecified atom stereocenters. The number of rotatable bonds is 3. The Balaban J connectivity index is 2.01. The van der Waals surface area contributed by atoms with Gasteiger partial charge in [-0.25, -0.2) is 0 Å². The van der Waals surface area contributed by atoms with Crippen LogP contribution in [-0.4, -0.2) is 41.1 Å². The molecule has 2 nitrogen and oxygen atoms in total. The topological polar surface area (TPSA) is 12.5 Å². The molecule has 0 radical (unpaired) electrons. The lowest BCUT2D eigenvalue weighted by molar-refractivity contribution is -0.186. The highest BCUT2D eigenvalue weighted by Gasteiger charge is 2.43. The molecule has 2 fully saturated rings. The summed E-state index contributed by atoms with van der Waals surface area (Å²) in [5, 5.41) is 1.15. The Morgan fingerprint density at radius 3 is 1.94 bits per heavy atom. The first-order valence-corrected chi connectivity index (χ1v) is 7.87. The number of morpholine rings is 1. The van der Waals surface area contributed by atoms with Crippen LogP contribution in [0.15, 0.2) is 0 Å². The Hall–Kier alpha value is 0.400. The zero-order valence-corrected chi connectivity index (χ0v) is 13.3. The highest BCUT2D eigenvalue weighted by molar-refractivity contribution is 9.09. The summed E-state index contributed by atoms with van der Waals surface area (Å²) in [5.74, 6) is 0. The Morgan fingerprint density at radius 2 is 1.59 bits per heavy atom. The van der Waals surface area contributed by atoms with Crippen LogP contribution in [0.4, 0.5) is 0 Å². The summed E-state index contributed by atoms with van der Waals surface area (Å²) < 4.78 is 6.14. The summed E-state index contributed by atoms with van der Waals surface area (Å²) in [6, 6.07) is 0. The zero-order valence-electron chi connectivity index (χ0n) is 11.7. The molecule has 0 spiro atoms. The normalized spacial score (nSPS) is 30.9. The average molecular weight is 304 g/mol. The first kappa shape index (κ1) is 13.8. The minimum Gasteiger partial charge on any atom is -0.367 e. The zero-order chi connectivity index (χ0) is 12.7. The molecular formula is C14H26BrNO. The predicted molar refractivity (Wildman–Crippen MR) is 75.8 cm³/mol. The molecule has 3 heteroatoms. The Kier molecular flexibility index (Phi) is 3.66. The van der Waals surface area contributed by atoms with Gasteiger partial charge in [-0.2, -0.15) is 0 Å². The van der Waals surface area contributed by atoms with Crippen molar-refractivity contribution >= 4 is 15.9 Å². The predicted octanol–water partition coefficient (Wildman–Crippen LogP) is 3.44. The second-order valence-electron chi connectivity index (χ2n) is 7.25. The Labute approximate surface area is 114 Å². The van der Waals surface area contributed by atoms with Gasteiger partial charge in [0.05, 0.1) is 11.2 Å². The molecule has 17 heavy (non-hydrogen) atoms. The van der Waals surface area contributed by atoms with Crippen molar-refractivity contribution in [3.8, 4) is 0 Å². The largest absolute Gasteiger partial charge is 0.367 e. The van der Waals surface area contributed by atoms with Crippen molar-refractivity contribution in [2.24, 2.45) is 5.41 Å². The van der Waals surface area contributed by atoms with Crippen molar-refractivity contribution in [1.82, 2.24) is 4.90 Å². The summed E-state index contributed by atoms with van der Waals surface area (Å²) in [6.45, 7) is 12.2. The lowest BCUT2D eigenvalue weighted by atomic mass is 9.70. The van der Waals surface area contributed by atoms with E-state index >= 15 is 0 Å². The number of hydrogen-bond donors (Lipinski definition) is 0. The van der Waals surface area contributed by atoms with Gasteiger partial charge in [0.25, 0.3) is 0 Å². The van der Waals surface area contributed by atoms with Gasteiger partial charge in [0.15, 0.2) is 0 Å². The molecule has 0 aromatic carbocycles. The molecule has 2 aliphatic rings. The van der Waals surface area contributed by atoms with Gasteiger partial charge in [-0.15, -0.1) is 0 Å². The smallest absolute Gasteiger partial charge is 0.0760 e. The Morgan fingerprint density at radius 1 is 1.06 bits per heavy atom. The molecule has 0 amide bonds. The molecule has 0 aromatic rings. The summed E-state index contributed by atoms with van der Waals surface area (Å²) >= 11 is 3.71. The third-order valence-electron chi connectivity index (χ3n) is 4.02. The van der Waals surface area contributed by atoms with Crippen LogP contribution in [0.25, 0.3) is 0 Å². The molecule has 1 saturated heterocycles. The van der Waals surface area contributed by atoms with Crippen LogP contribution in [0.2, 0.25) is 0 Å². The number of ether oxygens (including phenoxy) is 1. The molecule has 1 saturated carbocycles. The highest BCUT2D eigenvalue weighted by atomic mass is 79.9. The SMILES string of the molecule is CC1(C)CN(CC2(CBr)CCC2)CC(C)(C)O1. The van der Waals surface area contributed by atoms with Crippen LogP contribution in [0, 0.1) is 5.41 Å². The summed E-state index contributed by atoms with van der Waals surface area (Å²) in [7, 11) is 0. The van der Waals surface area contributed by atoms with E-state index in [4.69, 9.17) is 4.74 Å². The molecule has 1 aliphatic carbocycles. The van der Waals surface area contributed by atoms with Crippen molar-refractivity contribution in [2.45, 2.75) is 58.2 Å². The molecule has 2 rings (SSSR count). The van der Waals surface area contributed by atoms with E-state index in [1.165, 1.54) is 25.8 Å². The first-order chi connectivity index (χ1) is 7.76. The van der Waals surface area contributed by atoms with Gasteiger partial charge in [-0.1, -0.05) is 22.4 Å². The van der Waals surface area contributed by atoms with Crippen LogP contribution < -0.4 is 0 Å². The first-order valence-electron chi connectivity index (χ1n) is 6.75. The third kappa shape index (κ3) is 3.24. The van der Waals surface area contributed by atoms with E-state index in [0.717, 1.165) is 18.4 Å². The van der Waals surface area contributed by atoms with E-state index in [1.807, 2.05) is 0 Å². The van der Waals surface area contributed by atoms with E-state index in [0.29, 0.717) is 5.41 Å². The van der Waals surface area contributed by atoms with Gasteiger partial charge in [-0.3, -0.25) is 4.90 Å². The number of alkyl halides is 1. The fourth-order valence-corrected chi connectivity index (χ4v) is 4.28. The van der Waals surface area contributed by atoms with Gasteiger partial charge in [-0.05, 0) is 46.0 Å². The Bertz CT molecular complexity index is 262. The van der Waals surface area contributed by atoms with Crippen LogP contribution in [0.1, 0.15) is 47.0 Å². The van der Waals surface area contributed by atoms with Gasteiger partial charge in [0, 0.05) is 25.0 Å². The molecule has 0 aromatic heterocycles. The molecule has 0 atom stereocenters. The van der Waals surface area contributed by atoms with Crippen molar-refractivity contribution in [2.75, 3.05) is 25.0 Å². The second-order valence-corrected chi connectivity index (χ2v) is 7.81. The standard InChI is InChI=1S/C14H26BrNO/c1-12(2)9-16(10-13(3,4)17-12)11-14(8-15)6-5-7-14/h5-11H2,1-4H3. The lowest BCUT2D eigenvalue weighted by Gasteiger charge is -2.51. The lowest BCUT2D eigenvalue weighted by Crippen LogP contribution is -2.59. The number of nitrogens with zero attached hydrogens (tertiary/aromatic N) is 1. The van der Waals surface area contributed by atoms with E-state index in [2.05, 4.69) is 48.5 Å². The van der Waals surface area contributed by atoms with Crippen molar-refractivity contribution in [3.63, 3.8) is 0 Å². The fourth-order valence-electron chi connectivity index (χ4n) is 3.54. The maximum absolute atomic E-state index is 6.14. The fraction of sp³-hybridized carbons (Fsp3) is 1.00. The number of hydrogen-bond acceptors (Lipinski definition) is 2. The van der Waals surface area contributed by atoms with E-state index in [1.54, 1.807) is 0 Å². The molecule has 0 N–H and O–H groups in total. The van der Waals surface area contributed by atoms with Gasteiger partial charge in [0.1, 0.15) is 0 Å². The van der Waals surface area contributed by atoms with Crippen LogP contribution in [-0.2, 0) is 4.74 Å². The minimum atomic E-state index is -0.0149. The van der Waals surface area contributed by atoms with Gasteiger partial charge in [0.2, 0.25) is 0 Å². The van der Waals surface area contributed by atoms with E-state index in [9.17, 15) is 0 Å². The maximum atomic E-state index is 6.14. The van der Waals surface area contributed by atoms with Crippen LogP contribution >= 0.6 is 15.9 Å². The summed E-state index contributed by atoms with van der Waals surface area (Å²) in [4.78, 5) is 2.62. The maximum Gasteiger partial charge on any atom is 0.0760 e. The van der Waals surface area contributed by atoms with E-state index in [-0.39, 0.29) is 11.2 Å². The third-order valence-corrected chi connectivity index (χ3v) is 5.21. The molecule has 0 bridgehead atoms. The monoisotopic (exact) mass is 303 g/mol. The minimum absolute atomic E-state index is 0.0149. The average Bonchev–Trinajstić information content (AvgIpc) is 2.06. The van der Waals surface area contributed by atoms with Crippen molar-refractivity contribution in [1.29, 1.82) is 0 Å². The van der Waals surface area contributed by atoms with Crippen molar-refractivity contribution < 1.29 is 4.74 Å². The summed E-state index contributed by atoms with van der Waals surface area (Å²) in [5.41, 5.74) is 0.515. The van der Waals surface area contributed by atoms with Crippen LogP contribution in [0.3, 0.4) is 0 Å².